The van der Waals surface area contributed by atoms with Crippen LogP contribution in [-0.4, -0.2) is 61.0 Å². The third kappa shape index (κ3) is 4.50. The van der Waals surface area contributed by atoms with Gasteiger partial charge < -0.3 is 24.7 Å². The Hall–Kier alpha value is -2.05. The van der Waals surface area contributed by atoms with E-state index in [0.29, 0.717) is 13.2 Å². The van der Waals surface area contributed by atoms with E-state index < -0.39 is 0 Å². The lowest BCUT2D eigenvalue weighted by molar-refractivity contribution is -0.0381. The molecular weight excluding hydrogens is 354 g/mol. The summed E-state index contributed by atoms with van der Waals surface area (Å²) in [7, 11) is 0. The number of carbonyl (C=O) groups is 1. The highest BCUT2D eigenvalue weighted by Crippen LogP contribution is 2.22. The van der Waals surface area contributed by atoms with Gasteiger partial charge in [0.05, 0.1) is 18.8 Å². The molecule has 2 aliphatic rings. The second-order valence-electron chi connectivity index (χ2n) is 7.95. The number of aromatic nitrogens is 1. The van der Waals surface area contributed by atoms with Crippen LogP contribution in [0.5, 0.6) is 0 Å². The first-order chi connectivity index (χ1) is 13.7. The molecular formula is C22H31N3O3. The number of aryl methyl sites for hydroxylation is 1. The number of likely N-dealkylation sites (tertiary alicyclic amines) is 1. The molecule has 4 rings (SSSR count). The molecule has 0 saturated carbocycles. The Morgan fingerprint density at radius 2 is 2.18 bits per heavy atom. The lowest BCUT2D eigenvalue weighted by Gasteiger charge is -2.32. The van der Waals surface area contributed by atoms with Gasteiger partial charge in [0.1, 0.15) is 0 Å². The monoisotopic (exact) mass is 385 g/mol. The first kappa shape index (κ1) is 19.3. The summed E-state index contributed by atoms with van der Waals surface area (Å²) in [5.74, 6) is 0. The van der Waals surface area contributed by atoms with E-state index in [1.54, 1.807) is 0 Å². The van der Waals surface area contributed by atoms with Crippen molar-refractivity contribution in [2.45, 2.75) is 51.2 Å². The van der Waals surface area contributed by atoms with Gasteiger partial charge in [-0.25, -0.2) is 4.79 Å². The minimum absolute atomic E-state index is 0.0362. The zero-order chi connectivity index (χ0) is 19.3. The van der Waals surface area contributed by atoms with Gasteiger partial charge in [-0.1, -0.05) is 12.1 Å². The number of hydrogen-bond acceptors (Lipinski definition) is 3. The number of piperidine rings is 1. The van der Waals surface area contributed by atoms with Crippen molar-refractivity contribution in [3.63, 3.8) is 0 Å². The maximum Gasteiger partial charge on any atom is 0.317 e. The molecule has 2 N–H and O–H groups in total. The molecule has 0 bridgehead atoms. The second-order valence-corrected chi connectivity index (χ2v) is 7.95. The number of nitrogens with one attached hydrogen (secondary N) is 2. The van der Waals surface area contributed by atoms with Crippen molar-refractivity contribution < 1.29 is 14.3 Å². The summed E-state index contributed by atoms with van der Waals surface area (Å²) < 4.78 is 11.6. The Labute approximate surface area is 166 Å². The van der Waals surface area contributed by atoms with Crippen molar-refractivity contribution in [3.05, 3.63) is 35.5 Å². The molecule has 1 atom stereocenters. The highest BCUT2D eigenvalue weighted by molar-refractivity contribution is 5.86. The molecule has 2 aliphatic heterocycles. The van der Waals surface area contributed by atoms with Crippen molar-refractivity contribution in [3.8, 4) is 0 Å². The molecule has 0 aliphatic carbocycles. The van der Waals surface area contributed by atoms with Crippen molar-refractivity contribution in [1.82, 2.24) is 15.2 Å². The highest BCUT2D eigenvalue weighted by Gasteiger charge is 2.25. The van der Waals surface area contributed by atoms with E-state index in [1.165, 1.54) is 16.5 Å². The van der Waals surface area contributed by atoms with Gasteiger partial charge in [-0.2, -0.15) is 0 Å². The van der Waals surface area contributed by atoms with Crippen LogP contribution in [-0.2, 0) is 15.9 Å². The molecule has 152 valence electrons. The van der Waals surface area contributed by atoms with Crippen molar-refractivity contribution in [2.24, 2.45) is 0 Å². The van der Waals surface area contributed by atoms with Gasteiger partial charge >= 0.3 is 6.03 Å². The fraction of sp³-hybridized carbons (Fsp3) is 0.591. The number of benzene rings is 1. The first-order valence-electron chi connectivity index (χ1n) is 10.5. The van der Waals surface area contributed by atoms with E-state index >= 15 is 0 Å². The summed E-state index contributed by atoms with van der Waals surface area (Å²) in [6, 6.07) is 6.32. The molecule has 6 heteroatoms. The first-order valence-corrected chi connectivity index (χ1v) is 10.5. The molecule has 2 amide bonds. The summed E-state index contributed by atoms with van der Waals surface area (Å²) in [5, 5.41) is 4.36. The van der Waals surface area contributed by atoms with Gasteiger partial charge in [0.25, 0.3) is 0 Å². The molecule has 0 spiro atoms. The zero-order valence-corrected chi connectivity index (χ0v) is 16.7. The van der Waals surface area contributed by atoms with Crippen LogP contribution in [0.3, 0.4) is 0 Å². The number of nitrogens with zero attached hydrogens (tertiary/aromatic N) is 1. The van der Waals surface area contributed by atoms with Crippen molar-refractivity contribution in [1.29, 1.82) is 0 Å². The van der Waals surface area contributed by atoms with E-state index in [4.69, 9.17) is 9.47 Å². The number of ether oxygens (including phenoxy) is 2. The van der Waals surface area contributed by atoms with Crippen LogP contribution in [0.15, 0.2) is 24.4 Å². The molecule has 6 nitrogen and oxygen atoms in total. The Morgan fingerprint density at radius 1 is 1.32 bits per heavy atom. The number of carbonyl (C=O) groups excluding carboxylic acids is 1. The average Bonchev–Trinajstić information content (AvgIpc) is 3.37. The normalized spacial score (nSPS) is 20.8. The molecule has 28 heavy (non-hydrogen) atoms. The summed E-state index contributed by atoms with van der Waals surface area (Å²) >= 11 is 0. The van der Waals surface area contributed by atoms with Crippen LogP contribution in [0, 0.1) is 6.92 Å². The van der Waals surface area contributed by atoms with Gasteiger partial charge in [0.15, 0.2) is 0 Å². The smallest absolute Gasteiger partial charge is 0.317 e. The maximum absolute atomic E-state index is 12.5. The molecule has 2 aromatic rings. The average molecular weight is 386 g/mol. The highest BCUT2D eigenvalue weighted by atomic mass is 16.5. The number of fused-ring (bicyclic) bond motifs is 1. The topological polar surface area (TPSA) is 66.6 Å². The molecule has 1 aromatic carbocycles. The minimum Gasteiger partial charge on any atom is -0.376 e. The lowest BCUT2D eigenvalue weighted by Crippen LogP contribution is -2.46. The summed E-state index contributed by atoms with van der Waals surface area (Å²) in [5.41, 5.74) is 3.69. The van der Waals surface area contributed by atoms with Gasteiger partial charge in [-0.05, 0) is 56.2 Å². The van der Waals surface area contributed by atoms with Gasteiger partial charge in [0.2, 0.25) is 0 Å². The summed E-state index contributed by atoms with van der Waals surface area (Å²) in [4.78, 5) is 17.7. The molecule has 2 saturated heterocycles. The van der Waals surface area contributed by atoms with E-state index in [-0.39, 0.29) is 18.2 Å². The number of aromatic amines is 1. The van der Waals surface area contributed by atoms with Gasteiger partial charge in [-0.15, -0.1) is 0 Å². The Morgan fingerprint density at radius 3 is 2.96 bits per heavy atom. The fourth-order valence-corrected chi connectivity index (χ4v) is 4.31. The molecule has 3 heterocycles. The molecule has 0 radical (unpaired) electrons. The van der Waals surface area contributed by atoms with E-state index in [1.807, 2.05) is 4.90 Å². The summed E-state index contributed by atoms with van der Waals surface area (Å²) in [6.07, 6.45) is 7.47. The number of rotatable bonds is 6. The van der Waals surface area contributed by atoms with Gasteiger partial charge in [0, 0.05) is 43.3 Å². The quantitative estimate of drug-likeness (QED) is 0.801. The SMILES string of the molecule is Cc1cccc2[nH]cc(CCNC(=O)N3CCC(OCC4CCCO4)CC3)c12. The van der Waals surface area contributed by atoms with Crippen LogP contribution in [0.2, 0.25) is 0 Å². The van der Waals surface area contributed by atoms with E-state index in [2.05, 4.69) is 41.6 Å². The minimum atomic E-state index is 0.0362. The van der Waals surface area contributed by atoms with E-state index in [9.17, 15) is 4.79 Å². The third-order valence-corrected chi connectivity index (χ3v) is 5.94. The number of H-pyrrole nitrogens is 1. The van der Waals surface area contributed by atoms with Crippen LogP contribution in [0.1, 0.15) is 36.8 Å². The van der Waals surface area contributed by atoms with Crippen LogP contribution in [0.4, 0.5) is 4.79 Å². The number of amides is 2. The second kappa shape index (κ2) is 8.97. The van der Waals surface area contributed by atoms with Crippen molar-refractivity contribution >= 4 is 16.9 Å². The molecule has 2 fully saturated rings. The Kier molecular flexibility index (Phi) is 6.17. The third-order valence-electron chi connectivity index (χ3n) is 5.94. The predicted octanol–water partition coefficient (Wildman–Crippen LogP) is 3.39. The molecule has 1 unspecified atom stereocenters. The summed E-state index contributed by atoms with van der Waals surface area (Å²) in [6.45, 7) is 5.85. The van der Waals surface area contributed by atoms with Crippen LogP contribution >= 0.6 is 0 Å². The van der Waals surface area contributed by atoms with Gasteiger partial charge in [-0.3, -0.25) is 0 Å². The van der Waals surface area contributed by atoms with Crippen LogP contribution < -0.4 is 5.32 Å². The zero-order valence-electron chi connectivity index (χ0n) is 16.7. The lowest BCUT2D eigenvalue weighted by atomic mass is 10.1. The Bertz CT molecular complexity index is 789. The largest absolute Gasteiger partial charge is 0.376 e. The Balaban J connectivity index is 1.18. The number of urea groups is 1. The predicted molar refractivity (Wildman–Crippen MR) is 110 cm³/mol. The fourth-order valence-electron chi connectivity index (χ4n) is 4.31. The van der Waals surface area contributed by atoms with Crippen LogP contribution in [0.25, 0.3) is 10.9 Å². The van der Waals surface area contributed by atoms with Crippen molar-refractivity contribution in [2.75, 3.05) is 32.8 Å². The van der Waals surface area contributed by atoms with E-state index in [0.717, 1.165) is 57.3 Å². The standard InChI is InChI=1S/C22H31N3O3/c1-16-4-2-6-20-21(16)17(14-24-20)7-10-23-22(26)25-11-8-18(9-12-25)28-15-19-5-3-13-27-19/h2,4,6,14,18-19,24H,3,5,7-13,15H2,1H3,(H,23,26). The maximum atomic E-state index is 12.5. The number of hydrogen-bond donors (Lipinski definition) is 2. The molecule has 1 aromatic heterocycles.